The second-order valence-electron chi connectivity index (χ2n) is 8.85. The van der Waals surface area contributed by atoms with E-state index in [1.54, 1.807) is 84.8 Å². The van der Waals surface area contributed by atoms with Gasteiger partial charge in [0, 0.05) is 45.9 Å². The third-order valence-corrected chi connectivity index (χ3v) is 8.02. The number of sulfonamides is 1. The van der Waals surface area contributed by atoms with E-state index < -0.39 is 15.6 Å². The largest absolute Gasteiger partial charge is 0.300 e. The number of anilines is 1. The van der Waals surface area contributed by atoms with E-state index in [0.29, 0.717) is 49.8 Å². The summed E-state index contributed by atoms with van der Waals surface area (Å²) in [5.74, 6) is 0.683. The van der Waals surface area contributed by atoms with Crippen LogP contribution in [0.2, 0.25) is 5.02 Å². The van der Waals surface area contributed by atoms with E-state index in [9.17, 15) is 13.2 Å². The van der Waals surface area contributed by atoms with Crippen molar-refractivity contribution in [3.8, 4) is 22.8 Å². The number of nitrogens with zero attached hydrogens (tertiary/aromatic N) is 5. The third kappa shape index (κ3) is 4.62. The molecule has 0 aliphatic carbocycles. The van der Waals surface area contributed by atoms with Gasteiger partial charge in [-0.1, -0.05) is 29.8 Å². The summed E-state index contributed by atoms with van der Waals surface area (Å²) in [6.07, 6.45) is 4.76. The lowest BCUT2D eigenvalue weighted by molar-refractivity contribution is 0.602. The summed E-state index contributed by atoms with van der Waals surface area (Å²) in [6, 6.07) is 16.8. The summed E-state index contributed by atoms with van der Waals surface area (Å²) in [5.41, 5.74) is 2.53. The zero-order valence-electron chi connectivity index (χ0n) is 20.5. The summed E-state index contributed by atoms with van der Waals surface area (Å²) in [4.78, 5) is 30.0. The molecule has 10 nitrogen and oxygen atoms in total. The molecule has 2 aromatic carbocycles. The monoisotopic (exact) mass is 557 g/mol. The van der Waals surface area contributed by atoms with Gasteiger partial charge in [-0.3, -0.25) is 24.2 Å². The number of H-pyrrole nitrogens is 1. The second-order valence-corrected chi connectivity index (χ2v) is 10.9. The second kappa shape index (κ2) is 9.61. The molecule has 0 bridgehead atoms. The first-order chi connectivity index (χ1) is 18.8. The number of hydrogen-bond donors (Lipinski definition) is 2. The fourth-order valence-electron chi connectivity index (χ4n) is 4.44. The van der Waals surface area contributed by atoms with Crippen LogP contribution < -0.4 is 10.3 Å². The molecule has 2 N–H and O–H groups in total. The van der Waals surface area contributed by atoms with Crippen LogP contribution in [0.5, 0.6) is 0 Å². The zero-order chi connectivity index (χ0) is 27.1. The van der Waals surface area contributed by atoms with Crippen LogP contribution in [0, 0.1) is 6.92 Å². The molecular formula is C27H20ClN7O3S. The molecule has 39 heavy (non-hydrogen) atoms. The number of aromatic nitrogens is 6. The number of fused-ring (bicyclic) bond motifs is 2. The van der Waals surface area contributed by atoms with Gasteiger partial charge in [0.15, 0.2) is 11.6 Å². The Hall–Kier alpha value is -4.61. The summed E-state index contributed by atoms with van der Waals surface area (Å²) < 4.78 is 30.9. The highest BCUT2D eigenvalue weighted by molar-refractivity contribution is 7.93. The molecule has 2 aromatic heterocycles. The molecule has 0 unspecified atom stereocenters. The van der Waals surface area contributed by atoms with Crippen LogP contribution in [0.15, 0.2) is 88.9 Å². The Bertz CT molecular complexity index is 1980. The van der Waals surface area contributed by atoms with Gasteiger partial charge in [0.05, 0.1) is 12.1 Å². The van der Waals surface area contributed by atoms with E-state index in [1.165, 1.54) is 6.07 Å². The van der Waals surface area contributed by atoms with Crippen LogP contribution in [0.4, 0.5) is 5.69 Å². The average Bonchev–Trinajstić information content (AvgIpc) is 3.25. The van der Waals surface area contributed by atoms with Crippen molar-refractivity contribution < 1.29 is 8.42 Å². The highest BCUT2D eigenvalue weighted by Crippen LogP contribution is 2.28. The van der Waals surface area contributed by atoms with Crippen molar-refractivity contribution in [3.63, 3.8) is 0 Å². The Balaban J connectivity index is 1.36. The third-order valence-electron chi connectivity index (χ3n) is 6.24. The van der Waals surface area contributed by atoms with Crippen molar-refractivity contribution in [1.29, 1.82) is 0 Å². The molecule has 6 rings (SSSR count). The maximum absolute atomic E-state index is 13.3. The van der Waals surface area contributed by atoms with Gasteiger partial charge in [-0.05, 0) is 55.0 Å². The molecule has 2 aliphatic rings. The highest BCUT2D eigenvalue weighted by atomic mass is 35.5. The summed E-state index contributed by atoms with van der Waals surface area (Å²) in [5, 5.41) is 4.29. The molecule has 194 valence electrons. The summed E-state index contributed by atoms with van der Waals surface area (Å²) in [6.45, 7) is 1.96. The molecule has 0 atom stereocenters. The lowest BCUT2D eigenvalue weighted by atomic mass is 10.2. The Morgan fingerprint density at radius 1 is 1.00 bits per heavy atom. The van der Waals surface area contributed by atoms with Crippen LogP contribution in [-0.4, -0.2) is 38.1 Å². The molecule has 2 aliphatic heterocycles. The summed E-state index contributed by atoms with van der Waals surface area (Å²) >= 11 is 6.51. The van der Waals surface area contributed by atoms with Gasteiger partial charge in [-0.15, -0.1) is 0 Å². The van der Waals surface area contributed by atoms with Gasteiger partial charge in [-0.2, -0.15) is 4.98 Å². The normalized spacial score (nSPS) is 11.7. The first kappa shape index (κ1) is 24.7. The highest BCUT2D eigenvalue weighted by Gasteiger charge is 2.23. The van der Waals surface area contributed by atoms with Gasteiger partial charge in [0.1, 0.15) is 10.5 Å². The summed E-state index contributed by atoms with van der Waals surface area (Å²) in [7, 11) is -3.95. The van der Waals surface area contributed by atoms with E-state index in [-0.39, 0.29) is 17.3 Å². The lowest BCUT2D eigenvalue weighted by Gasteiger charge is -2.13. The van der Waals surface area contributed by atoms with Crippen molar-refractivity contribution in [2.24, 2.45) is 0 Å². The minimum atomic E-state index is -3.95. The number of halogens is 1. The Kier molecular flexibility index (Phi) is 6.09. The van der Waals surface area contributed by atoms with Crippen molar-refractivity contribution in [1.82, 2.24) is 29.7 Å². The number of nitrogens with one attached hydrogen (secondary N) is 2. The Morgan fingerprint density at radius 3 is 2.62 bits per heavy atom. The van der Waals surface area contributed by atoms with Gasteiger partial charge < -0.3 is 5.10 Å². The molecule has 0 saturated heterocycles. The lowest BCUT2D eigenvalue weighted by Crippen LogP contribution is -2.16. The zero-order valence-corrected chi connectivity index (χ0v) is 22.0. The predicted octanol–water partition coefficient (Wildman–Crippen LogP) is 4.49. The van der Waals surface area contributed by atoms with Crippen LogP contribution in [0.1, 0.15) is 11.3 Å². The quantitative estimate of drug-likeness (QED) is 0.308. The minimum Gasteiger partial charge on any atom is -0.300 e. The van der Waals surface area contributed by atoms with Crippen molar-refractivity contribution in [3.05, 3.63) is 106 Å². The number of para-hydroxylation sites is 1. The first-order valence-electron chi connectivity index (χ1n) is 11.8. The topological polar surface area (TPSA) is 136 Å². The SMILES string of the molecule is Cc1[nH]n(Cc2cc(NS(=O)(=O)c3cccc4cccnc34)ccc2Cl)c2nc(-c3ccncc3)nc(=O)c1-2. The van der Waals surface area contributed by atoms with Crippen LogP contribution in [0.3, 0.4) is 0 Å². The van der Waals surface area contributed by atoms with E-state index in [0.717, 1.165) is 0 Å². The molecule has 12 heteroatoms. The molecule has 4 heterocycles. The maximum Gasteiger partial charge on any atom is 0.284 e. The molecule has 0 saturated carbocycles. The Morgan fingerprint density at radius 2 is 1.79 bits per heavy atom. The van der Waals surface area contributed by atoms with E-state index in [1.807, 2.05) is 0 Å². The number of pyridine rings is 2. The molecule has 4 aromatic rings. The van der Waals surface area contributed by atoms with Crippen molar-refractivity contribution >= 4 is 38.2 Å². The fraction of sp³-hybridized carbons (Fsp3) is 0.0741. The Labute approximate surface area is 227 Å². The van der Waals surface area contributed by atoms with Crippen LogP contribution in [0.25, 0.3) is 33.7 Å². The maximum atomic E-state index is 13.3. The number of aryl methyl sites for hydroxylation is 1. The van der Waals surface area contributed by atoms with Gasteiger partial charge in [0.2, 0.25) is 0 Å². The number of benzene rings is 2. The number of hydrogen-bond acceptors (Lipinski definition) is 7. The van der Waals surface area contributed by atoms with Crippen molar-refractivity contribution in [2.75, 3.05) is 4.72 Å². The van der Waals surface area contributed by atoms with Gasteiger partial charge in [-0.25, -0.2) is 13.4 Å². The smallest absolute Gasteiger partial charge is 0.284 e. The van der Waals surface area contributed by atoms with Gasteiger partial charge >= 0.3 is 0 Å². The van der Waals surface area contributed by atoms with Crippen molar-refractivity contribution in [2.45, 2.75) is 18.4 Å². The molecule has 0 spiro atoms. The van der Waals surface area contributed by atoms with E-state index in [4.69, 9.17) is 11.6 Å². The number of aromatic amines is 1. The van der Waals surface area contributed by atoms with Crippen LogP contribution >= 0.6 is 11.6 Å². The minimum absolute atomic E-state index is 0.0702. The predicted molar refractivity (Wildman–Crippen MR) is 148 cm³/mol. The van der Waals surface area contributed by atoms with Crippen LogP contribution in [-0.2, 0) is 16.6 Å². The van der Waals surface area contributed by atoms with E-state index >= 15 is 0 Å². The molecular weight excluding hydrogens is 538 g/mol. The molecule has 0 radical (unpaired) electrons. The fourth-order valence-corrected chi connectivity index (χ4v) is 5.85. The standard InChI is InChI=1S/C27H20ClN7O3S/c1-16-23-26(31-25(32-27(23)36)18-9-12-29-13-10-18)35(33-16)15-19-14-20(7-8-21(19)28)34-39(37,38)22-6-2-4-17-5-3-11-30-24(17)22/h2-14,33-34H,15H2,1H3. The first-order valence-corrected chi connectivity index (χ1v) is 13.7. The van der Waals surface area contributed by atoms with Gasteiger partial charge in [0.25, 0.3) is 15.6 Å². The molecule has 0 amide bonds. The number of rotatable bonds is 6. The van der Waals surface area contributed by atoms with E-state index in [2.05, 4.69) is 29.8 Å². The average molecular weight is 558 g/mol. The molecule has 0 fully saturated rings.